The van der Waals surface area contributed by atoms with Crippen molar-refractivity contribution in [1.29, 1.82) is 0 Å². The van der Waals surface area contributed by atoms with E-state index in [1.54, 1.807) is 0 Å². The number of nitro groups is 1. The summed E-state index contributed by atoms with van der Waals surface area (Å²) in [5.74, 6) is -0.399. The molecule has 4 N–H and O–H groups in total. The number of hydrazone groups is 1. The second kappa shape index (κ2) is 5.03. The minimum Gasteiger partial charge on any atom is -0.502 e. The fourth-order valence-corrected chi connectivity index (χ4v) is 0.990. The quantitative estimate of drug-likeness (QED) is 0.306. The summed E-state index contributed by atoms with van der Waals surface area (Å²) < 4.78 is 0. The number of phenols is 1. The maximum atomic E-state index is 10.5. The molecule has 0 aliphatic carbocycles. The fraction of sp³-hybridized carbons (Fsp3) is 0. The number of benzene rings is 1. The van der Waals surface area contributed by atoms with Crippen molar-refractivity contribution in [2.45, 2.75) is 0 Å². The molecule has 1 aromatic carbocycles. The molecule has 16 heavy (non-hydrogen) atoms. The molecule has 0 spiro atoms. The summed E-state index contributed by atoms with van der Waals surface area (Å²) >= 11 is 4.50. The maximum Gasteiger partial charge on any atom is 0.311 e. The minimum atomic E-state index is -0.687. The Kier molecular flexibility index (Phi) is 3.72. The highest BCUT2D eigenvalue weighted by Gasteiger charge is 2.12. The molecule has 0 radical (unpaired) electrons. The number of phenolic OH excluding ortho intramolecular Hbond substituents is 1. The van der Waals surface area contributed by atoms with E-state index in [9.17, 15) is 15.2 Å². The number of aromatic hydroxyl groups is 1. The Morgan fingerprint density at radius 1 is 1.69 bits per heavy atom. The normalized spacial score (nSPS) is 10.2. The molecular weight excluding hydrogens is 232 g/mol. The van der Waals surface area contributed by atoms with E-state index < -0.39 is 10.7 Å². The van der Waals surface area contributed by atoms with Crippen LogP contribution in [0, 0.1) is 10.1 Å². The van der Waals surface area contributed by atoms with Crippen LogP contribution in [-0.2, 0) is 0 Å². The lowest BCUT2D eigenvalue weighted by Gasteiger charge is -1.97. The molecule has 0 aromatic heterocycles. The maximum absolute atomic E-state index is 10.5. The SMILES string of the molecule is NC(=S)N/N=C/c1ccc(O)c([N+](=O)[O-])c1. The van der Waals surface area contributed by atoms with E-state index in [1.807, 2.05) is 0 Å². The number of nitrogens with two attached hydrogens (primary N) is 1. The third-order valence-corrected chi connectivity index (χ3v) is 1.68. The van der Waals surface area contributed by atoms with E-state index in [2.05, 4.69) is 22.7 Å². The average Bonchev–Trinajstić information content (AvgIpc) is 2.19. The Bertz CT molecular complexity index is 461. The first-order chi connectivity index (χ1) is 7.50. The molecule has 0 saturated carbocycles. The standard InChI is InChI=1S/C8H8N4O3S/c9-8(16)11-10-4-5-1-2-7(13)6(3-5)12(14)15/h1-4,13H,(H3,9,11,16)/b10-4+. The zero-order valence-corrected chi connectivity index (χ0v) is 8.77. The first kappa shape index (κ1) is 11.9. The predicted molar refractivity (Wildman–Crippen MR) is 62.3 cm³/mol. The van der Waals surface area contributed by atoms with Gasteiger partial charge in [-0.3, -0.25) is 15.5 Å². The predicted octanol–water partition coefficient (Wildman–Crippen LogP) is 0.468. The number of thiocarbonyl (C=S) groups is 1. The van der Waals surface area contributed by atoms with Gasteiger partial charge in [-0.05, 0) is 24.4 Å². The molecule has 0 aliphatic rings. The molecule has 0 unspecified atom stereocenters. The second-order valence-corrected chi connectivity index (χ2v) is 3.18. The van der Waals surface area contributed by atoms with Crippen LogP contribution in [0.25, 0.3) is 0 Å². The Morgan fingerprint density at radius 2 is 2.38 bits per heavy atom. The first-order valence-electron chi connectivity index (χ1n) is 4.06. The van der Waals surface area contributed by atoms with Crippen LogP contribution in [0.1, 0.15) is 5.56 Å². The molecule has 0 bridgehead atoms. The van der Waals surface area contributed by atoms with Crippen molar-refractivity contribution in [2.75, 3.05) is 0 Å². The van der Waals surface area contributed by atoms with Gasteiger partial charge in [-0.1, -0.05) is 0 Å². The van der Waals surface area contributed by atoms with Gasteiger partial charge in [0, 0.05) is 11.6 Å². The van der Waals surface area contributed by atoms with E-state index in [1.165, 1.54) is 24.4 Å². The molecule has 0 fully saturated rings. The molecule has 1 rings (SSSR count). The van der Waals surface area contributed by atoms with Crippen LogP contribution in [0.15, 0.2) is 23.3 Å². The summed E-state index contributed by atoms with van der Waals surface area (Å²) in [6.45, 7) is 0. The lowest BCUT2D eigenvalue weighted by molar-refractivity contribution is -0.385. The zero-order valence-electron chi connectivity index (χ0n) is 7.95. The van der Waals surface area contributed by atoms with Gasteiger partial charge < -0.3 is 10.8 Å². The van der Waals surface area contributed by atoms with Gasteiger partial charge in [0.1, 0.15) is 0 Å². The van der Waals surface area contributed by atoms with Crippen LogP contribution in [0.4, 0.5) is 5.69 Å². The lowest BCUT2D eigenvalue weighted by atomic mass is 10.2. The highest BCUT2D eigenvalue weighted by Crippen LogP contribution is 2.25. The third kappa shape index (κ3) is 3.17. The van der Waals surface area contributed by atoms with E-state index in [4.69, 9.17) is 5.73 Å². The minimum absolute atomic E-state index is 0.00970. The van der Waals surface area contributed by atoms with Crippen LogP contribution >= 0.6 is 12.2 Å². The summed E-state index contributed by atoms with van der Waals surface area (Å²) in [5.41, 5.74) is 7.47. The Labute approximate surface area is 95.7 Å². The van der Waals surface area contributed by atoms with Crippen LogP contribution in [0.3, 0.4) is 0 Å². The fourth-order valence-electron chi connectivity index (χ4n) is 0.937. The van der Waals surface area contributed by atoms with Gasteiger partial charge in [0.2, 0.25) is 0 Å². The number of rotatable bonds is 3. The van der Waals surface area contributed by atoms with Gasteiger partial charge in [-0.15, -0.1) is 0 Å². The largest absolute Gasteiger partial charge is 0.502 e. The molecule has 0 atom stereocenters. The Balaban J connectivity index is 2.91. The number of hydrogen-bond acceptors (Lipinski definition) is 5. The van der Waals surface area contributed by atoms with Crippen LogP contribution in [0.2, 0.25) is 0 Å². The van der Waals surface area contributed by atoms with Crippen molar-refractivity contribution in [3.8, 4) is 5.75 Å². The topological polar surface area (TPSA) is 114 Å². The number of nitrogens with one attached hydrogen (secondary N) is 1. The van der Waals surface area contributed by atoms with Gasteiger partial charge in [0.05, 0.1) is 11.1 Å². The lowest BCUT2D eigenvalue weighted by Crippen LogP contribution is -2.23. The smallest absolute Gasteiger partial charge is 0.311 e. The van der Waals surface area contributed by atoms with Crippen molar-refractivity contribution >= 4 is 29.2 Å². The molecule has 1 aromatic rings. The third-order valence-electron chi connectivity index (χ3n) is 1.58. The van der Waals surface area contributed by atoms with Crippen LogP contribution < -0.4 is 11.2 Å². The summed E-state index contributed by atoms with van der Waals surface area (Å²) in [4.78, 5) is 9.81. The van der Waals surface area contributed by atoms with Crippen LogP contribution in [-0.4, -0.2) is 21.4 Å². The number of nitro benzene ring substituents is 1. The molecule has 84 valence electrons. The van der Waals surface area contributed by atoms with Crippen molar-refractivity contribution in [2.24, 2.45) is 10.8 Å². The Hall–Kier alpha value is -2.22. The van der Waals surface area contributed by atoms with Gasteiger partial charge >= 0.3 is 5.69 Å². The van der Waals surface area contributed by atoms with E-state index in [0.29, 0.717) is 5.56 Å². The number of nitrogens with zero attached hydrogens (tertiary/aromatic N) is 2. The van der Waals surface area contributed by atoms with Crippen molar-refractivity contribution in [1.82, 2.24) is 5.43 Å². The molecule has 8 heteroatoms. The van der Waals surface area contributed by atoms with Crippen molar-refractivity contribution in [3.05, 3.63) is 33.9 Å². The van der Waals surface area contributed by atoms with Crippen molar-refractivity contribution < 1.29 is 10.0 Å². The number of hydrogen-bond donors (Lipinski definition) is 3. The van der Waals surface area contributed by atoms with Gasteiger partial charge in [0.15, 0.2) is 10.9 Å². The molecule has 7 nitrogen and oxygen atoms in total. The van der Waals surface area contributed by atoms with Gasteiger partial charge in [0.25, 0.3) is 0 Å². The molecular formula is C8H8N4O3S. The average molecular weight is 240 g/mol. The summed E-state index contributed by atoms with van der Waals surface area (Å²) in [5, 5.41) is 23.3. The van der Waals surface area contributed by atoms with E-state index in [0.717, 1.165) is 0 Å². The second-order valence-electron chi connectivity index (χ2n) is 2.74. The summed E-state index contributed by atoms with van der Waals surface area (Å²) in [7, 11) is 0. The van der Waals surface area contributed by atoms with E-state index in [-0.39, 0.29) is 10.8 Å². The summed E-state index contributed by atoms with van der Waals surface area (Å²) in [6.07, 6.45) is 1.30. The van der Waals surface area contributed by atoms with Crippen LogP contribution in [0.5, 0.6) is 5.75 Å². The Morgan fingerprint density at radius 3 is 2.94 bits per heavy atom. The monoisotopic (exact) mass is 240 g/mol. The summed E-state index contributed by atoms with van der Waals surface area (Å²) in [6, 6.07) is 3.85. The molecule has 0 heterocycles. The molecule has 0 saturated heterocycles. The first-order valence-corrected chi connectivity index (χ1v) is 4.47. The van der Waals surface area contributed by atoms with Gasteiger partial charge in [-0.2, -0.15) is 5.10 Å². The highest BCUT2D eigenvalue weighted by molar-refractivity contribution is 7.80. The van der Waals surface area contributed by atoms with Crippen molar-refractivity contribution in [3.63, 3.8) is 0 Å². The zero-order chi connectivity index (χ0) is 12.1. The molecule has 0 amide bonds. The van der Waals surface area contributed by atoms with E-state index >= 15 is 0 Å². The highest BCUT2D eigenvalue weighted by atomic mass is 32.1. The van der Waals surface area contributed by atoms with Gasteiger partial charge in [-0.25, -0.2) is 0 Å². The molecule has 0 aliphatic heterocycles.